The number of nitrogens with one attached hydrogen (secondary N) is 1. The topological polar surface area (TPSA) is 108 Å². The molecule has 2 aromatic heterocycles. The summed E-state index contributed by atoms with van der Waals surface area (Å²) in [6.07, 6.45) is 7.63. The Kier molecular flexibility index (Phi) is 10.2. The zero-order valence-electron chi connectivity index (χ0n) is 23.0. The molecule has 1 amide bonds. The average Bonchev–Trinajstić information content (AvgIpc) is 3.68. The highest BCUT2D eigenvalue weighted by Gasteiger charge is 2.16. The molecule has 0 bridgehead atoms. The molecule has 0 radical (unpaired) electrons. The van der Waals surface area contributed by atoms with Crippen molar-refractivity contribution in [3.8, 4) is 22.6 Å². The molecule has 1 N–H and O–H groups in total. The molecule has 0 saturated carbocycles. The molecular formula is C30H34N4O5S2. The number of hydrogen-bond acceptors (Lipinski definition) is 9. The highest BCUT2D eigenvalue weighted by atomic mass is 33.1. The van der Waals surface area contributed by atoms with E-state index in [1.54, 1.807) is 17.9 Å². The number of rotatable bonds is 14. The van der Waals surface area contributed by atoms with Crippen LogP contribution in [0.15, 0.2) is 63.9 Å². The number of methoxy groups -OCH3 is 1. The minimum absolute atomic E-state index is 0.0598. The van der Waals surface area contributed by atoms with Crippen LogP contribution < -0.4 is 20.4 Å². The molecule has 1 saturated heterocycles. The number of ether oxygens (including phenoxy) is 2. The third-order valence-electron chi connectivity index (χ3n) is 6.87. The van der Waals surface area contributed by atoms with Crippen LogP contribution in [-0.2, 0) is 17.9 Å². The Labute approximate surface area is 246 Å². The van der Waals surface area contributed by atoms with Crippen molar-refractivity contribution >= 4 is 38.5 Å². The lowest BCUT2D eigenvalue weighted by atomic mass is 10.1. The molecule has 1 atom stereocenters. The Morgan fingerprint density at radius 3 is 2.78 bits per heavy atom. The van der Waals surface area contributed by atoms with Crippen molar-refractivity contribution in [3.05, 3.63) is 70.8 Å². The van der Waals surface area contributed by atoms with E-state index in [0.717, 1.165) is 40.5 Å². The van der Waals surface area contributed by atoms with Crippen LogP contribution in [0.2, 0.25) is 0 Å². The van der Waals surface area contributed by atoms with Gasteiger partial charge in [0, 0.05) is 41.8 Å². The van der Waals surface area contributed by atoms with Gasteiger partial charge in [-0.2, -0.15) is 0 Å². The predicted molar refractivity (Wildman–Crippen MR) is 163 cm³/mol. The summed E-state index contributed by atoms with van der Waals surface area (Å²) in [4.78, 5) is 24.8. The monoisotopic (exact) mass is 594 g/mol. The third-order valence-corrected chi connectivity index (χ3v) is 9.88. The van der Waals surface area contributed by atoms with Crippen molar-refractivity contribution in [1.82, 2.24) is 20.3 Å². The lowest BCUT2D eigenvalue weighted by Crippen LogP contribution is -2.22. The number of fused-ring (bicyclic) bond motifs is 1. The minimum Gasteiger partial charge on any atom is -0.497 e. The average molecular weight is 595 g/mol. The lowest BCUT2D eigenvalue weighted by molar-refractivity contribution is -0.121. The summed E-state index contributed by atoms with van der Waals surface area (Å²) in [5, 5.41) is 12.8. The third kappa shape index (κ3) is 8.29. The maximum atomic E-state index is 12.6. The van der Waals surface area contributed by atoms with E-state index in [-0.39, 0.29) is 5.91 Å². The number of hydrogen-bond donors (Lipinski definition) is 1. The largest absolute Gasteiger partial charge is 0.497 e. The van der Waals surface area contributed by atoms with Gasteiger partial charge in [-0.3, -0.25) is 9.48 Å². The highest BCUT2D eigenvalue weighted by Crippen LogP contribution is 2.39. The molecule has 3 heterocycles. The first-order valence-electron chi connectivity index (χ1n) is 13.9. The van der Waals surface area contributed by atoms with E-state index in [1.165, 1.54) is 18.6 Å². The van der Waals surface area contributed by atoms with E-state index in [2.05, 4.69) is 15.6 Å². The van der Waals surface area contributed by atoms with Gasteiger partial charge in [0.2, 0.25) is 5.91 Å². The number of nitrogens with zero attached hydrogens (tertiary/aromatic N) is 3. The van der Waals surface area contributed by atoms with E-state index in [9.17, 15) is 9.59 Å². The number of benzene rings is 2. The Hall–Kier alpha value is -3.44. The van der Waals surface area contributed by atoms with Crippen LogP contribution >= 0.6 is 21.6 Å². The number of carbonyl (C=O) groups is 1. The summed E-state index contributed by atoms with van der Waals surface area (Å²) in [7, 11) is 5.55. The summed E-state index contributed by atoms with van der Waals surface area (Å²) < 4.78 is 18.4. The van der Waals surface area contributed by atoms with Crippen LogP contribution in [0.25, 0.3) is 22.1 Å². The van der Waals surface area contributed by atoms with E-state index in [4.69, 9.17) is 13.9 Å². The van der Waals surface area contributed by atoms with Crippen molar-refractivity contribution in [2.45, 2.75) is 56.9 Å². The first-order valence-corrected chi connectivity index (χ1v) is 16.2. The van der Waals surface area contributed by atoms with Gasteiger partial charge in [-0.05, 0) is 55.2 Å². The fraction of sp³-hybridized carbons (Fsp3) is 0.400. The molecule has 2 aromatic carbocycles. The van der Waals surface area contributed by atoms with Gasteiger partial charge < -0.3 is 19.2 Å². The van der Waals surface area contributed by atoms with Crippen LogP contribution in [0.4, 0.5) is 0 Å². The molecule has 1 fully saturated rings. The Morgan fingerprint density at radius 1 is 1.12 bits per heavy atom. The quantitative estimate of drug-likeness (QED) is 0.109. The fourth-order valence-electron chi connectivity index (χ4n) is 4.60. The number of carbonyl (C=O) groups excluding carboxylic acids is 1. The normalized spacial score (nSPS) is 14.8. The second-order valence-electron chi connectivity index (χ2n) is 9.90. The summed E-state index contributed by atoms with van der Waals surface area (Å²) in [6, 6.07) is 14.6. The van der Waals surface area contributed by atoms with Gasteiger partial charge in [0.25, 0.3) is 0 Å². The Balaban J connectivity index is 1.03. The van der Waals surface area contributed by atoms with Crippen LogP contribution in [0.3, 0.4) is 0 Å². The molecule has 4 aromatic rings. The SMILES string of the molecule is COc1ccc(-c2cc3ccc(OCCCn4cc(CNC(=O)CCCCC5CCSS5)nn4)cc3oc2=O)cc1. The Morgan fingerprint density at radius 2 is 1.98 bits per heavy atom. The first kappa shape index (κ1) is 29.1. The van der Waals surface area contributed by atoms with Gasteiger partial charge in [-0.25, -0.2) is 4.79 Å². The molecule has 1 aliphatic heterocycles. The molecular weight excluding hydrogens is 560 g/mol. The van der Waals surface area contributed by atoms with Crippen molar-refractivity contribution in [2.24, 2.45) is 0 Å². The van der Waals surface area contributed by atoms with E-state index in [0.29, 0.717) is 49.4 Å². The molecule has 0 spiro atoms. The zero-order chi connectivity index (χ0) is 28.4. The lowest BCUT2D eigenvalue weighted by Gasteiger charge is -2.08. The Bertz CT molecular complexity index is 1500. The number of amides is 1. The van der Waals surface area contributed by atoms with Crippen LogP contribution in [-0.4, -0.2) is 45.6 Å². The van der Waals surface area contributed by atoms with Crippen LogP contribution in [0.5, 0.6) is 11.5 Å². The maximum Gasteiger partial charge on any atom is 0.344 e. The summed E-state index contributed by atoms with van der Waals surface area (Å²) in [5.74, 6) is 2.66. The smallest absolute Gasteiger partial charge is 0.344 e. The van der Waals surface area contributed by atoms with Crippen molar-refractivity contribution in [1.29, 1.82) is 0 Å². The molecule has 11 heteroatoms. The molecule has 5 rings (SSSR count). The van der Waals surface area contributed by atoms with Crippen molar-refractivity contribution in [3.63, 3.8) is 0 Å². The molecule has 9 nitrogen and oxygen atoms in total. The van der Waals surface area contributed by atoms with Gasteiger partial charge in [0.05, 0.1) is 32.0 Å². The van der Waals surface area contributed by atoms with E-state index >= 15 is 0 Å². The van der Waals surface area contributed by atoms with Crippen molar-refractivity contribution < 1.29 is 18.7 Å². The van der Waals surface area contributed by atoms with Gasteiger partial charge in [-0.1, -0.05) is 45.4 Å². The highest BCUT2D eigenvalue weighted by molar-refractivity contribution is 8.77. The summed E-state index contributed by atoms with van der Waals surface area (Å²) in [5.41, 5.74) is 2.06. The van der Waals surface area contributed by atoms with E-state index < -0.39 is 5.63 Å². The maximum absolute atomic E-state index is 12.6. The molecule has 1 unspecified atom stereocenters. The van der Waals surface area contributed by atoms with Crippen LogP contribution in [0.1, 0.15) is 44.2 Å². The molecule has 41 heavy (non-hydrogen) atoms. The van der Waals surface area contributed by atoms with Gasteiger partial charge in [0.1, 0.15) is 22.8 Å². The second kappa shape index (κ2) is 14.5. The van der Waals surface area contributed by atoms with Gasteiger partial charge in [-0.15, -0.1) is 5.10 Å². The molecule has 0 aliphatic carbocycles. The summed E-state index contributed by atoms with van der Waals surface area (Å²) in [6.45, 7) is 1.48. The standard InChI is InChI=1S/C30H34N4O5S2/c1-37-24-10-7-21(8-11-24)27-17-22-9-12-25(18-28(22)39-30(27)36)38-15-4-14-34-20-23(32-33-34)19-31-29(35)6-3-2-5-26-13-16-40-41-26/h7-12,17-18,20,26H,2-6,13-16,19H2,1H3,(H,31,35). The second-order valence-corrected chi connectivity index (χ2v) is 12.7. The zero-order valence-corrected chi connectivity index (χ0v) is 24.7. The first-order chi connectivity index (χ1) is 20.1. The number of aromatic nitrogens is 3. The molecule has 216 valence electrons. The van der Waals surface area contributed by atoms with Crippen LogP contribution in [0, 0.1) is 0 Å². The predicted octanol–water partition coefficient (Wildman–Crippen LogP) is 5.86. The van der Waals surface area contributed by atoms with E-state index in [1.807, 2.05) is 70.2 Å². The number of unbranched alkanes of at least 4 members (excludes halogenated alkanes) is 1. The van der Waals surface area contributed by atoms with Crippen molar-refractivity contribution in [2.75, 3.05) is 19.5 Å². The van der Waals surface area contributed by atoms with Gasteiger partial charge >= 0.3 is 5.63 Å². The fourth-order valence-corrected chi connectivity index (χ4v) is 7.63. The van der Waals surface area contributed by atoms with Gasteiger partial charge in [0.15, 0.2) is 0 Å². The number of aryl methyl sites for hydroxylation is 1. The summed E-state index contributed by atoms with van der Waals surface area (Å²) >= 11 is 0. The molecule has 1 aliphatic rings. The minimum atomic E-state index is -0.407.